The van der Waals surface area contributed by atoms with Crippen LogP contribution in [0.5, 0.6) is 0 Å². The first-order chi connectivity index (χ1) is 8.09. The average molecular weight is 235 g/mol. The molecule has 0 amide bonds. The third kappa shape index (κ3) is 2.22. The molecule has 0 aliphatic rings. The van der Waals surface area contributed by atoms with Gasteiger partial charge in [0, 0.05) is 7.05 Å². The number of nitrogens with two attached hydrogens (primary N) is 1. The van der Waals surface area contributed by atoms with E-state index in [2.05, 4.69) is 39.4 Å². The molecule has 0 spiro atoms. The number of nitrogens with one attached hydrogen (secondary N) is 2. The Morgan fingerprint density at radius 3 is 2.82 bits per heavy atom. The number of H-pyrrole nitrogens is 1. The first-order valence-corrected chi connectivity index (χ1v) is 5.50. The van der Waals surface area contributed by atoms with Crippen LogP contribution in [0.25, 0.3) is 0 Å². The van der Waals surface area contributed by atoms with Gasteiger partial charge in [0.15, 0.2) is 0 Å². The van der Waals surface area contributed by atoms with Crippen molar-refractivity contribution in [3.63, 3.8) is 0 Å². The molecule has 2 heterocycles. The Bertz CT molecular complexity index is 483. The van der Waals surface area contributed by atoms with Crippen molar-refractivity contribution in [2.75, 3.05) is 11.1 Å². The van der Waals surface area contributed by atoms with Crippen molar-refractivity contribution in [2.45, 2.75) is 26.3 Å². The zero-order valence-corrected chi connectivity index (χ0v) is 10.2. The molecule has 2 aromatic rings. The number of hydrogen-bond acceptors (Lipinski definition) is 5. The second-order valence-corrected chi connectivity index (χ2v) is 4.21. The number of hydrogen-bond donors (Lipinski definition) is 3. The van der Waals surface area contributed by atoms with Gasteiger partial charge in [-0.25, -0.2) is 4.98 Å². The van der Waals surface area contributed by atoms with Crippen LogP contribution >= 0.6 is 0 Å². The predicted octanol–water partition coefficient (Wildman–Crippen LogP) is 0.856. The van der Waals surface area contributed by atoms with Crippen molar-refractivity contribution < 1.29 is 0 Å². The zero-order chi connectivity index (χ0) is 12.4. The van der Waals surface area contributed by atoms with Gasteiger partial charge in [0.05, 0.1) is 17.9 Å². The van der Waals surface area contributed by atoms with Crippen LogP contribution in [0.3, 0.4) is 0 Å². The van der Waals surface area contributed by atoms with Crippen molar-refractivity contribution in [3.05, 3.63) is 17.8 Å². The monoisotopic (exact) mass is 235 g/mol. The minimum Gasteiger partial charge on any atom is -0.394 e. The molecule has 4 N–H and O–H groups in total. The van der Waals surface area contributed by atoms with Crippen molar-refractivity contribution in [1.82, 2.24) is 25.0 Å². The Morgan fingerprint density at radius 2 is 2.29 bits per heavy atom. The standard InChI is InChI=1S/C10H17N7/c1-6(2)9-8(11)10(17(3)16-9)12-4-7-13-5-14-15-7/h5-6,12H,4,11H2,1-3H3,(H,13,14,15). The summed E-state index contributed by atoms with van der Waals surface area (Å²) < 4.78 is 1.75. The Balaban J connectivity index is 2.15. The molecule has 92 valence electrons. The Morgan fingerprint density at radius 1 is 1.53 bits per heavy atom. The quantitative estimate of drug-likeness (QED) is 0.730. The van der Waals surface area contributed by atoms with Crippen LogP contribution in [0.15, 0.2) is 6.33 Å². The molecule has 0 saturated heterocycles. The van der Waals surface area contributed by atoms with E-state index < -0.39 is 0 Å². The van der Waals surface area contributed by atoms with E-state index in [9.17, 15) is 0 Å². The maximum Gasteiger partial charge on any atom is 0.148 e. The fraction of sp³-hybridized carbons (Fsp3) is 0.500. The van der Waals surface area contributed by atoms with Gasteiger partial charge in [0.1, 0.15) is 18.0 Å². The summed E-state index contributed by atoms with van der Waals surface area (Å²) >= 11 is 0. The third-order valence-electron chi connectivity index (χ3n) is 2.55. The fourth-order valence-electron chi connectivity index (χ4n) is 1.68. The topological polar surface area (TPSA) is 97.4 Å². The van der Waals surface area contributed by atoms with Crippen molar-refractivity contribution in [2.24, 2.45) is 7.05 Å². The van der Waals surface area contributed by atoms with Crippen LogP contribution < -0.4 is 11.1 Å². The number of nitrogens with zero attached hydrogens (tertiary/aromatic N) is 4. The smallest absolute Gasteiger partial charge is 0.148 e. The van der Waals surface area contributed by atoms with E-state index in [1.807, 2.05) is 7.05 Å². The fourth-order valence-corrected chi connectivity index (χ4v) is 1.68. The van der Waals surface area contributed by atoms with Gasteiger partial charge in [0.25, 0.3) is 0 Å². The summed E-state index contributed by atoms with van der Waals surface area (Å²) in [6.45, 7) is 4.68. The van der Waals surface area contributed by atoms with Crippen molar-refractivity contribution in [3.8, 4) is 0 Å². The number of rotatable bonds is 4. The van der Waals surface area contributed by atoms with E-state index in [0.717, 1.165) is 17.3 Å². The molecule has 2 aromatic heterocycles. The molecule has 0 bridgehead atoms. The van der Waals surface area contributed by atoms with Gasteiger partial charge in [-0.3, -0.25) is 9.78 Å². The van der Waals surface area contributed by atoms with Crippen LogP contribution in [-0.2, 0) is 13.6 Å². The largest absolute Gasteiger partial charge is 0.394 e. The molecule has 0 aromatic carbocycles. The van der Waals surface area contributed by atoms with Crippen LogP contribution in [-0.4, -0.2) is 25.0 Å². The average Bonchev–Trinajstić information content (AvgIpc) is 2.86. The predicted molar refractivity (Wildman–Crippen MR) is 65.4 cm³/mol. The highest BCUT2D eigenvalue weighted by molar-refractivity contribution is 5.65. The van der Waals surface area contributed by atoms with E-state index in [4.69, 9.17) is 5.73 Å². The molecule has 0 unspecified atom stereocenters. The summed E-state index contributed by atoms with van der Waals surface area (Å²) in [4.78, 5) is 4.03. The van der Waals surface area contributed by atoms with Gasteiger partial charge in [-0.1, -0.05) is 13.8 Å². The Hall–Kier alpha value is -2.05. The molecular weight excluding hydrogens is 218 g/mol. The van der Waals surface area contributed by atoms with Gasteiger partial charge < -0.3 is 11.1 Å². The highest BCUT2D eigenvalue weighted by Crippen LogP contribution is 2.27. The van der Waals surface area contributed by atoms with Gasteiger partial charge in [-0.05, 0) is 5.92 Å². The molecule has 0 fully saturated rings. The SMILES string of the molecule is CC(C)c1nn(C)c(NCc2ncn[nH]2)c1N. The molecule has 0 atom stereocenters. The minimum atomic E-state index is 0.307. The summed E-state index contributed by atoms with van der Waals surface area (Å²) in [6.07, 6.45) is 1.48. The maximum absolute atomic E-state index is 6.05. The summed E-state index contributed by atoms with van der Waals surface area (Å²) in [7, 11) is 1.87. The number of aryl methyl sites for hydroxylation is 1. The number of nitrogen functional groups attached to an aromatic ring is 1. The van der Waals surface area contributed by atoms with Crippen LogP contribution in [0.4, 0.5) is 11.5 Å². The lowest BCUT2D eigenvalue weighted by atomic mass is 10.1. The summed E-state index contributed by atoms with van der Waals surface area (Å²) in [6, 6.07) is 0. The van der Waals surface area contributed by atoms with E-state index in [0.29, 0.717) is 18.2 Å². The first kappa shape index (κ1) is 11.4. The highest BCUT2D eigenvalue weighted by atomic mass is 15.3. The van der Waals surface area contributed by atoms with Crippen LogP contribution in [0.2, 0.25) is 0 Å². The lowest BCUT2D eigenvalue weighted by Crippen LogP contribution is -2.07. The van der Waals surface area contributed by atoms with E-state index in [1.165, 1.54) is 6.33 Å². The normalized spacial score (nSPS) is 11.1. The lowest BCUT2D eigenvalue weighted by molar-refractivity contribution is 0.714. The van der Waals surface area contributed by atoms with Gasteiger partial charge in [0.2, 0.25) is 0 Å². The van der Waals surface area contributed by atoms with E-state index >= 15 is 0 Å². The number of aromatic nitrogens is 5. The van der Waals surface area contributed by atoms with Crippen molar-refractivity contribution in [1.29, 1.82) is 0 Å². The number of anilines is 2. The Labute approximate surface area is 99.4 Å². The highest BCUT2D eigenvalue weighted by Gasteiger charge is 2.15. The molecule has 17 heavy (non-hydrogen) atoms. The molecule has 7 heteroatoms. The third-order valence-corrected chi connectivity index (χ3v) is 2.55. The van der Waals surface area contributed by atoms with E-state index in [-0.39, 0.29) is 0 Å². The second-order valence-electron chi connectivity index (χ2n) is 4.21. The molecule has 0 saturated carbocycles. The second kappa shape index (κ2) is 4.44. The first-order valence-electron chi connectivity index (χ1n) is 5.50. The molecule has 2 rings (SSSR count). The van der Waals surface area contributed by atoms with E-state index in [1.54, 1.807) is 4.68 Å². The molecule has 0 radical (unpaired) electrons. The summed E-state index contributed by atoms with van der Waals surface area (Å²) in [5.74, 6) is 1.88. The van der Waals surface area contributed by atoms with Crippen molar-refractivity contribution >= 4 is 11.5 Å². The van der Waals surface area contributed by atoms with Gasteiger partial charge in [-0.2, -0.15) is 10.2 Å². The van der Waals surface area contributed by atoms with Gasteiger partial charge >= 0.3 is 0 Å². The minimum absolute atomic E-state index is 0.307. The van der Waals surface area contributed by atoms with Gasteiger partial charge in [-0.15, -0.1) is 0 Å². The molecule has 7 nitrogen and oxygen atoms in total. The molecule has 0 aliphatic carbocycles. The lowest BCUT2D eigenvalue weighted by Gasteiger charge is -2.05. The summed E-state index contributed by atoms with van der Waals surface area (Å²) in [5.41, 5.74) is 7.66. The maximum atomic E-state index is 6.05. The number of aromatic amines is 1. The molecule has 0 aliphatic heterocycles. The van der Waals surface area contributed by atoms with Crippen LogP contribution in [0, 0.1) is 0 Å². The molecular formula is C10H17N7. The Kier molecular flexibility index (Phi) is 2.99. The van der Waals surface area contributed by atoms with Crippen LogP contribution in [0.1, 0.15) is 31.3 Å². The zero-order valence-electron chi connectivity index (χ0n) is 10.2. The summed E-state index contributed by atoms with van der Waals surface area (Å²) in [5, 5.41) is 14.2.